The highest BCUT2D eigenvalue weighted by atomic mass is 35.5. The topological polar surface area (TPSA) is 117 Å². The molecule has 3 heterocycles. The highest BCUT2D eigenvalue weighted by molar-refractivity contribution is 6.31. The zero-order valence-corrected chi connectivity index (χ0v) is 18.5. The molecule has 0 aliphatic carbocycles. The molecule has 0 N–H and O–H groups in total. The fourth-order valence-electron chi connectivity index (χ4n) is 3.43. The van der Waals surface area contributed by atoms with Crippen molar-refractivity contribution in [2.24, 2.45) is 0 Å². The van der Waals surface area contributed by atoms with E-state index in [0.29, 0.717) is 0 Å². The van der Waals surface area contributed by atoms with E-state index >= 15 is 0 Å². The van der Waals surface area contributed by atoms with Gasteiger partial charge in [0.05, 0.1) is 39.3 Å². The number of halogens is 3. The van der Waals surface area contributed by atoms with Crippen molar-refractivity contribution in [1.82, 2.24) is 19.1 Å². The Morgan fingerprint density at radius 2 is 1.76 bits per heavy atom. The second kappa shape index (κ2) is 9.28. The van der Waals surface area contributed by atoms with Crippen molar-refractivity contribution in [3.63, 3.8) is 0 Å². The third-order valence-corrected chi connectivity index (χ3v) is 5.38. The van der Waals surface area contributed by atoms with Crippen LogP contribution in [0.1, 0.15) is 5.69 Å². The van der Waals surface area contributed by atoms with Crippen molar-refractivity contribution in [2.45, 2.75) is 6.54 Å². The molecule has 1 aromatic carbocycles. The fraction of sp³-hybridized carbons (Fsp3) is 0.0435. The molecule has 0 spiro atoms. The van der Waals surface area contributed by atoms with Crippen molar-refractivity contribution in [3.8, 4) is 40.2 Å². The summed E-state index contributed by atoms with van der Waals surface area (Å²) in [5, 5.41) is 18.5. The van der Waals surface area contributed by atoms with Crippen LogP contribution < -0.4 is 11.2 Å². The summed E-state index contributed by atoms with van der Waals surface area (Å²) in [4.78, 5) is 35.2. The SMILES string of the molecule is N#CCn1c(-c2ccc(C#N)nc2)c(-c2ccc(F)c(Cl)c2)c(=O)n(-c2cncc(Cl)c2)c1=O. The molecule has 0 aliphatic rings. The number of pyridine rings is 2. The minimum Gasteiger partial charge on any atom is -0.278 e. The minimum atomic E-state index is -0.827. The van der Waals surface area contributed by atoms with Crippen molar-refractivity contribution in [1.29, 1.82) is 10.5 Å². The van der Waals surface area contributed by atoms with Gasteiger partial charge in [-0.1, -0.05) is 29.3 Å². The van der Waals surface area contributed by atoms with Gasteiger partial charge in [-0.05, 0) is 35.9 Å². The zero-order chi connectivity index (χ0) is 24.4. The van der Waals surface area contributed by atoms with Crippen LogP contribution in [0.15, 0.2) is 64.6 Å². The maximum absolute atomic E-state index is 13.9. The number of hydrogen-bond acceptors (Lipinski definition) is 6. The lowest BCUT2D eigenvalue weighted by molar-refractivity contribution is 0.628. The van der Waals surface area contributed by atoms with Crippen LogP contribution in [-0.2, 0) is 6.54 Å². The zero-order valence-electron chi connectivity index (χ0n) is 17.0. The standard InChI is InChI=1S/C23H11Cl2FN6O2/c24-15-8-17(12-29-11-15)32-22(33)20(13-2-4-19(26)18(25)7-13)21(31(6-5-27)23(32)34)14-1-3-16(9-28)30-10-14/h1-4,7-8,10-12H,6H2. The average molecular weight is 493 g/mol. The van der Waals surface area contributed by atoms with Gasteiger partial charge in [0.2, 0.25) is 0 Å². The first-order valence-corrected chi connectivity index (χ1v) is 10.3. The lowest BCUT2D eigenvalue weighted by atomic mass is 10.0. The molecular weight excluding hydrogens is 482 g/mol. The van der Waals surface area contributed by atoms with E-state index < -0.39 is 23.6 Å². The summed E-state index contributed by atoms with van der Waals surface area (Å²) in [5.74, 6) is -0.697. The van der Waals surface area contributed by atoms with Crippen LogP contribution >= 0.6 is 23.2 Å². The van der Waals surface area contributed by atoms with Crippen molar-refractivity contribution in [2.75, 3.05) is 0 Å². The Morgan fingerprint density at radius 1 is 1.00 bits per heavy atom. The maximum atomic E-state index is 13.9. The van der Waals surface area contributed by atoms with E-state index in [-0.39, 0.29) is 43.8 Å². The average Bonchev–Trinajstić information content (AvgIpc) is 2.83. The Labute approximate surface area is 201 Å². The van der Waals surface area contributed by atoms with Crippen LogP contribution in [0.25, 0.3) is 28.1 Å². The fourth-order valence-corrected chi connectivity index (χ4v) is 3.78. The van der Waals surface area contributed by atoms with Crippen LogP contribution in [0.4, 0.5) is 4.39 Å². The molecule has 0 bridgehead atoms. The molecular formula is C23H11Cl2FN6O2. The normalized spacial score (nSPS) is 10.5. The summed E-state index contributed by atoms with van der Waals surface area (Å²) in [5.41, 5.74) is -0.903. The monoisotopic (exact) mass is 492 g/mol. The number of hydrogen-bond donors (Lipinski definition) is 0. The Kier molecular flexibility index (Phi) is 6.24. The van der Waals surface area contributed by atoms with E-state index in [9.17, 15) is 19.2 Å². The molecule has 0 saturated carbocycles. The number of aromatic nitrogens is 4. The molecule has 0 amide bonds. The Hall–Kier alpha value is -4.31. The molecule has 8 nitrogen and oxygen atoms in total. The molecule has 0 unspecified atom stereocenters. The predicted octanol–water partition coefficient (Wildman–Crippen LogP) is 3.96. The summed E-state index contributed by atoms with van der Waals surface area (Å²) in [6.07, 6.45) is 3.91. The van der Waals surface area contributed by atoms with Gasteiger partial charge in [0.15, 0.2) is 0 Å². The number of nitriles is 2. The highest BCUT2D eigenvalue weighted by Crippen LogP contribution is 2.31. The smallest absolute Gasteiger partial charge is 0.278 e. The van der Waals surface area contributed by atoms with E-state index in [4.69, 9.17) is 28.5 Å². The first kappa shape index (κ1) is 22.9. The van der Waals surface area contributed by atoms with E-state index in [1.54, 1.807) is 0 Å². The van der Waals surface area contributed by atoms with E-state index in [1.165, 1.54) is 48.9 Å². The van der Waals surface area contributed by atoms with Gasteiger partial charge in [-0.15, -0.1) is 0 Å². The van der Waals surface area contributed by atoms with Gasteiger partial charge in [-0.2, -0.15) is 10.5 Å². The molecule has 0 fully saturated rings. The second-order valence-corrected chi connectivity index (χ2v) is 7.77. The van der Waals surface area contributed by atoms with Crippen LogP contribution in [0.5, 0.6) is 0 Å². The molecule has 11 heteroatoms. The summed E-state index contributed by atoms with van der Waals surface area (Å²) in [7, 11) is 0. The van der Waals surface area contributed by atoms with Crippen LogP contribution in [0.2, 0.25) is 10.0 Å². The third-order valence-electron chi connectivity index (χ3n) is 4.88. The molecule has 166 valence electrons. The van der Waals surface area contributed by atoms with Gasteiger partial charge in [0.1, 0.15) is 24.1 Å². The molecule has 0 atom stereocenters. The van der Waals surface area contributed by atoms with Gasteiger partial charge < -0.3 is 0 Å². The first-order chi connectivity index (χ1) is 16.3. The minimum absolute atomic E-state index is 0.0387. The Bertz CT molecular complexity index is 1630. The first-order valence-electron chi connectivity index (χ1n) is 9.55. The number of benzene rings is 1. The van der Waals surface area contributed by atoms with Crippen molar-refractivity contribution < 1.29 is 4.39 Å². The van der Waals surface area contributed by atoms with Crippen molar-refractivity contribution in [3.05, 3.63) is 97.4 Å². The van der Waals surface area contributed by atoms with Gasteiger partial charge in [0.25, 0.3) is 5.56 Å². The van der Waals surface area contributed by atoms with Crippen LogP contribution in [0, 0.1) is 28.5 Å². The molecule has 0 saturated heterocycles. The molecule has 0 aliphatic heterocycles. The molecule has 4 aromatic rings. The number of rotatable bonds is 4. The van der Waals surface area contributed by atoms with E-state index in [2.05, 4.69) is 9.97 Å². The second-order valence-electron chi connectivity index (χ2n) is 6.93. The van der Waals surface area contributed by atoms with Crippen LogP contribution in [0.3, 0.4) is 0 Å². The van der Waals surface area contributed by atoms with Crippen molar-refractivity contribution >= 4 is 23.2 Å². The van der Waals surface area contributed by atoms with Crippen LogP contribution in [-0.4, -0.2) is 19.1 Å². The van der Waals surface area contributed by atoms with Gasteiger partial charge in [-0.25, -0.2) is 18.7 Å². The molecule has 4 rings (SSSR count). The third kappa shape index (κ3) is 4.06. The van der Waals surface area contributed by atoms with Gasteiger partial charge >= 0.3 is 5.69 Å². The number of nitrogens with zero attached hydrogens (tertiary/aromatic N) is 6. The van der Waals surface area contributed by atoms with Gasteiger partial charge in [-0.3, -0.25) is 14.3 Å². The largest absolute Gasteiger partial charge is 0.337 e. The van der Waals surface area contributed by atoms with Gasteiger partial charge in [0, 0.05) is 18.0 Å². The quantitative estimate of drug-likeness (QED) is 0.425. The van der Waals surface area contributed by atoms with E-state index in [0.717, 1.165) is 15.2 Å². The molecule has 0 radical (unpaired) electrons. The lowest BCUT2D eigenvalue weighted by Crippen LogP contribution is -2.40. The van der Waals surface area contributed by atoms with E-state index in [1.807, 2.05) is 12.1 Å². The molecule has 34 heavy (non-hydrogen) atoms. The highest BCUT2D eigenvalue weighted by Gasteiger charge is 2.24. The lowest BCUT2D eigenvalue weighted by Gasteiger charge is -2.18. The summed E-state index contributed by atoms with van der Waals surface area (Å²) >= 11 is 12.0. The maximum Gasteiger partial charge on any atom is 0.337 e. The summed E-state index contributed by atoms with van der Waals surface area (Å²) in [6, 6.07) is 11.7. The summed E-state index contributed by atoms with van der Waals surface area (Å²) < 4.78 is 15.8. The predicted molar refractivity (Wildman–Crippen MR) is 123 cm³/mol. The summed E-state index contributed by atoms with van der Waals surface area (Å²) in [6.45, 7) is -0.426. The Balaban J connectivity index is 2.20. The Morgan fingerprint density at radius 3 is 2.38 bits per heavy atom. The molecule has 3 aromatic heterocycles.